The van der Waals surface area contributed by atoms with Gasteiger partial charge in [0.15, 0.2) is 0 Å². The van der Waals surface area contributed by atoms with Crippen molar-refractivity contribution in [2.75, 3.05) is 39.4 Å². The lowest BCUT2D eigenvalue weighted by atomic mass is 9.79. The number of ether oxygens (including phenoxy) is 1. The van der Waals surface area contributed by atoms with E-state index in [1.54, 1.807) is 0 Å². The van der Waals surface area contributed by atoms with E-state index in [0.717, 1.165) is 45.7 Å². The zero-order valence-corrected chi connectivity index (χ0v) is 16.9. The summed E-state index contributed by atoms with van der Waals surface area (Å²) in [6.07, 6.45) is 7.25. The molecule has 0 unspecified atom stereocenters. The number of rotatable bonds is 7. The van der Waals surface area contributed by atoms with Gasteiger partial charge in [-0.05, 0) is 19.3 Å². The van der Waals surface area contributed by atoms with Gasteiger partial charge in [-0.3, -0.25) is 14.5 Å². The molecule has 0 spiro atoms. The Kier molecular flexibility index (Phi) is 7.89. The van der Waals surface area contributed by atoms with Crippen molar-refractivity contribution in [3.05, 3.63) is 0 Å². The van der Waals surface area contributed by atoms with Gasteiger partial charge in [0.2, 0.25) is 11.8 Å². The Balaban J connectivity index is 1.74. The molecule has 2 aliphatic rings. The second-order valence-corrected chi connectivity index (χ2v) is 8.77. The molecule has 2 amide bonds. The van der Waals surface area contributed by atoms with Crippen molar-refractivity contribution in [2.24, 2.45) is 5.41 Å². The largest absolute Gasteiger partial charge is 0.379 e. The van der Waals surface area contributed by atoms with Crippen LogP contribution in [0.2, 0.25) is 0 Å². The highest BCUT2D eigenvalue weighted by Crippen LogP contribution is 2.33. The van der Waals surface area contributed by atoms with Crippen LogP contribution in [0.1, 0.15) is 65.7 Å². The van der Waals surface area contributed by atoms with E-state index in [0.29, 0.717) is 19.4 Å². The van der Waals surface area contributed by atoms with Gasteiger partial charge in [0, 0.05) is 43.6 Å². The predicted molar refractivity (Wildman–Crippen MR) is 103 cm³/mol. The molecule has 0 atom stereocenters. The van der Waals surface area contributed by atoms with Gasteiger partial charge in [-0.1, -0.05) is 40.0 Å². The molecule has 1 saturated heterocycles. The molecule has 2 rings (SSSR count). The third kappa shape index (κ3) is 6.23. The third-order valence-electron chi connectivity index (χ3n) is 5.63. The fraction of sp³-hybridized carbons (Fsp3) is 0.900. The number of nitrogens with zero attached hydrogens (tertiary/aromatic N) is 1. The van der Waals surface area contributed by atoms with Gasteiger partial charge in [-0.25, -0.2) is 0 Å². The fourth-order valence-electron chi connectivity index (χ4n) is 3.92. The van der Waals surface area contributed by atoms with Gasteiger partial charge >= 0.3 is 0 Å². The molecule has 0 aromatic rings. The average molecular weight is 368 g/mol. The summed E-state index contributed by atoms with van der Waals surface area (Å²) >= 11 is 0. The van der Waals surface area contributed by atoms with Crippen LogP contribution in [0.5, 0.6) is 0 Å². The van der Waals surface area contributed by atoms with Crippen LogP contribution in [0.3, 0.4) is 0 Å². The van der Waals surface area contributed by atoms with Crippen molar-refractivity contribution in [2.45, 2.75) is 71.3 Å². The Morgan fingerprint density at radius 1 is 1.04 bits per heavy atom. The molecule has 1 aliphatic carbocycles. The molecule has 1 saturated carbocycles. The van der Waals surface area contributed by atoms with Crippen LogP contribution >= 0.6 is 0 Å². The van der Waals surface area contributed by atoms with E-state index >= 15 is 0 Å². The highest BCUT2D eigenvalue weighted by Gasteiger charge is 2.38. The number of hydrogen-bond acceptors (Lipinski definition) is 4. The Morgan fingerprint density at radius 2 is 1.69 bits per heavy atom. The van der Waals surface area contributed by atoms with Crippen molar-refractivity contribution in [1.82, 2.24) is 15.5 Å². The minimum absolute atomic E-state index is 0.0337. The molecule has 1 aliphatic heterocycles. The second-order valence-electron chi connectivity index (χ2n) is 8.77. The van der Waals surface area contributed by atoms with Crippen molar-refractivity contribution in [3.8, 4) is 0 Å². The lowest BCUT2D eigenvalue weighted by molar-refractivity contribution is -0.128. The molecule has 26 heavy (non-hydrogen) atoms. The Hall–Kier alpha value is -1.14. The maximum atomic E-state index is 12.3. The Bertz CT molecular complexity index is 461. The molecule has 0 aromatic carbocycles. The molecule has 150 valence electrons. The maximum Gasteiger partial charge on any atom is 0.225 e. The van der Waals surface area contributed by atoms with Gasteiger partial charge in [0.05, 0.1) is 13.2 Å². The molecular weight excluding hydrogens is 330 g/mol. The van der Waals surface area contributed by atoms with E-state index in [4.69, 9.17) is 4.74 Å². The zero-order valence-electron chi connectivity index (χ0n) is 16.9. The van der Waals surface area contributed by atoms with Crippen LogP contribution in [-0.2, 0) is 14.3 Å². The summed E-state index contributed by atoms with van der Waals surface area (Å²) in [6, 6.07) is 0. The molecule has 2 N–H and O–H groups in total. The highest BCUT2D eigenvalue weighted by atomic mass is 16.5. The quantitative estimate of drug-likeness (QED) is 0.676. The zero-order chi connectivity index (χ0) is 19.0. The van der Waals surface area contributed by atoms with E-state index in [-0.39, 0.29) is 22.8 Å². The summed E-state index contributed by atoms with van der Waals surface area (Å²) in [6.45, 7) is 10.5. The molecule has 1 heterocycles. The molecule has 0 aromatic heterocycles. The summed E-state index contributed by atoms with van der Waals surface area (Å²) in [5, 5.41) is 6.08. The van der Waals surface area contributed by atoms with E-state index in [1.807, 2.05) is 20.8 Å². The number of carbonyl (C=O) groups excluding carboxylic acids is 2. The standard InChI is InChI=1S/C20H37N3O3/c1-19(2,3)18(25)21-11-7-8-17(24)22-16-20(9-5-4-6-10-20)23-12-14-26-15-13-23/h4-16H2,1-3H3,(H,21,25)(H,22,24). The lowest BCUT2D eigenvalue weighted by Crippen LogP contribution is -2.59. The SMILES string of the molecule is CC(C)(C)C(=O)NCCCC(=O)NCC1(N2CCOCC2)CCCCC1. The molecule has 6 nitrogen and oxygen atoms in total. The fourth-order valence-corrected chi connectivity index (χ4v) is 3.92. The first-order valence-electron chi connectivity index (χ1n) is 10.2. The summed E-state index contributed by atoms with van der Waals surface area (Å²) in [7, 11) is 0. The highest BCUT2D eigenvalue weighted by molar-refractivity contribution is 5.81. The third-order valence-corrected chi connectivity index (χ3v) is 5.63. The Labute approximate surface area is 158 Å². The van der Waals surface area contributed by atoms with Crippen LogP contribution in [0.15, 0.2) is 0 Å². The maximum absolute atomic E-state index is 12.3. The van der Waals surface area contributed by atoms with E-state index in [9.17, 15) is 9.59 Å². The monoisotopic (exact) mass is 367 g/mol. The smallest absolute Gasteiger partial charge is 0.225 e. The summed E-state index contributed by atoms with van der Waals surface area (Å²) in [5.41, 5.74) is -0.272. The van der Waals surface area contributed by atoms with Crippen LogP contribution < -0.4 is 10.6 Å². The van der Waals surface area contributed by atoms with Gasteiger partial charge in [-0.15, -0.1) is 0 Å². The topological polar surface area (TPSA) is 70.7 Å². The first-order chi connectivity index (χ1) is 12.3. The first-order valence-corrected chi connectivity index (χ1v) is 10.2. The summed E-state index contributed by atoms with van der Waals surface area (Å²) < 4.78 is 5.51. The van der Waals surface area contributed by atoms with E-state index in [1.165, 1.54) is 19.3 Å². The number of carbonyl (C=O) groups is 2. The summed E-state index contributed by atoms with van der Waals surface area (Å²) in [5.74, 6) is 0.125. The number of hydrogen-bond donors (Lipinski definition) is 2. The van der Waals surface area contributed by atoms with Gasteiger partial charge in [0.1, 0.15) is 0 Å². The second kappa shape index (κ2) is 9.70. The van der Waals surface area contributed by atoms with Crippen molar-refractivity contribution in [1.29, 1.82) is 0 Å². The van der Waals surface area contributed by atoms with Crippen LogP contribution in [0.25, 0.3) is 0 Å². The molecule has 0 radical (unpaired) electrons. The molecule has 0 bridgehead atoms. The van der Waals surface area contributed by atoms with E-state index < -0.39 is 0 Å². The lowest BCUT2D eigenvalue weighted by Gasteiger charge is -2.48. The van der Waals surface area contributed by atoms with Crippen LogP contribution in [-0.4, -0.2) is 61.6 Å². The predicted octanol–water partition coefficient (Wildman–Crippen LogP) is 2.08. The molecule has 6 heteroatoms. The molecular formula is C20H37N3O3. The van der Waals surface area contributed by atoms with E-state index in [2.05, 4.69) is 15.5 Å². The van der Waals surface area contributed by atoms with Crippen molar-refractivity contribution >= 4 is 11.8 Å². The van der Waals surface area contributed by atoms with Crippen molar-refractivity contribution in [3.63, 3.8) is 0 Å². The average Bonchev–Trinajstić information content (AvgIpc) is 2.64. The number of amides is 2. The minimum atomic E-state index is -0.381. The minimum Gasteiger partial charge on any atom is -0.379 e. The van der Waals surface area contributed by atoms with Crippen LogP contribution in [0, 0.1) is 5.41 Å². The summed E-state index contributed by atoms with van der Waals surface area (Å²) in [4.78, 5) is 26.7. The van der Waals surface area contributed by atoms with Gasteiger partial charge in [-0.2, -0.15) is 0 Å². The Morgan fingerprint density at radius 3 is 2.31 bits per heavy atom. The van der Waals surface area contributed by atoms with Gasteiger partial charge < -0.3 is 15.4 Å². The van der Waals surface area contributed by atoms with Gasteiger partial charge in [0.25, 0.3) is 0 Å². The first kappa shape index (κ1) is 21.2. The molecule has 2 fully saturated rings. The normalized spacial score (nSPS) is 21.2. The van der Waals surface area contributed by atoms with Crippen LogP contribution in [0.4, 0.5) is 0 Å². The number of morpholine rings is 1. The number of nitrogens with one attached hydrogen (secondary N) is 2. The van der Waals surface area contributed by atoms with Crippen molar-refractivity contribution < 1.29 is 14.3 Å².